The van der Waals surface area contributed by atoms with Gasteiger partial charge in [-0.2, -0.15) is 0 Å². The number of rotatable bonds is 2. The van der Waals surface area contributed by atoms with Crippen molar-refractivity contribution in [3.8, 4) is 0 Å². The minimum atomic E-state index is -0.814. The molecule has 1 aliphatic heterocycles. The minimum absolute atomic E-state index is 0. The zero-order valence-electron chi connectivity index (χ0n) is 10.5. The molecule has 2 heterocycles. The fraction of sp³-hybridized carbons (Fsp3) is 0.636. The van der Waals surface area contributed by atoms with Gasteiger partial charge in [0.2, 0.25) is 5.91 Å². The number of anilines is 1. The molecule has 0 bridgehead atoms. The van der Waals surface area contributed by atoms with Crippen LogP contribution in [0.2, 0.25) is 0 Å². The number of nitrogens with two attached hydrogens (primary N) is 1. The first-order chi connectivity index (χ1) is 8.01. The molecule has 0 atom stereocenters. The zero-order chi connectivity index (χ0) is 12.5. The van der Waals surface area contributed by atoms with Crippen LogP contribution in [-0.4, -0.2) is 29.6 Å². The molecule has 102 valence electrons. The Labute approximate surface area is 117 Å². The van der Waals surface area contributed by atoms with E-state index in [0.717, 1.165) is 10.6 Å². The Morgan fingerprint density at radius 1 is 1.44 bits per heavy atom. The van der Waals surface area contributed by atoms with Gasteiger partial charge in [-0.3, -0.25) is 4.79 Å². The highest BCUT2D eigenvalue weighted by molar-refractivity contribution is 7.15. The van der Waals surface area contributed by atoms with Crippen LogP contribution >= 0.6 is 23.7 Å². The molecular weight excluding hydrogens is 274 g/mol. The molecule has 1 aliphatic rings. The number of nitrogens with zero attached hydrogens (tertiary/aromatic N) is 1. The third-order valence-corrected chi connectivity index (χ3v) is 4.07. The summed E-state index contributed by atoms with van der Waals surface area (Å²) in [6.07, 6.45) is 1.12. The Bertz CT molecular complexity index is 410. The molecule has 0 aromatic carbocycles. The van der Waals surface area contributed by atoms with E-state index < -0.39 is 5.54 Å². The molecule has 0 unspecified atom stereocenters. The highest BCUT2D eigenvalue weighted by Gasteiger charge is 2.36. The number of hydrogen-bond acceptors (Lipinski definition) is 5. The van der Waals surface area contributed by atoms with E-state index in [-0.39, 0.29) is 18.3 Å². The Kier molecular flexibility index (Phi) is 5.10. The van der Waals surface area contributed by atoms with Crippen molar-refractivity contribution in [1.82, 2.24) is 4.98 Å². The lowest BCUT2D eigenvalue weighted by atomic mass is 9.90. The molecule has 0 saturated carbocycles. The summed E-state index contributed by atoms with van der Waals surface area (Å²) in [6, 6.07) is 0. The minimum Gasteiger partial charge on any atom is -0.381 e. The van der Waals surface area contributed by atoms with Crippen LogP contribution in [0, 0.1) is 13.8 Å². The first kappa shape index (κ1) is 15.4. The number of hydrogen-bond donors (Lipinski definition) is 2. The summed E-state index contributed by atoms with van der Waals surface area (Å²) in [5.41, 5.74) is 6.21. The van der Waals surface area contributed by atoms with E-state index in [1.807, 2.05) is 13.8 Å². The monoisotopic (exact) mass is 291 g/mol. The fourth-order valence-corrected chi connectivity index (χ4v) is 2.52. The van der Waals surface area contributed by atoms with Gasteiger partial charge in [-0.15, -0.1) is 23.7 Å². The highest BCUT2D eigenvalue weighted by Crippen LogP contribution is 2.24. The van der Waals surface area contributed by atoms with E-state index in [1.54, 1.807) is 0 Å². The molecule has 1 aromatic heterocycles. The van der Waals surface area contributed by atoms with Crippen LogP contribution in [0.1, 0.15) is 23.4 Å². The van der Waals surface area contributed by atoms with Crippen LogP contribution in [0.4, 0.5) is 5.13 Å². The van der Waals surface area contributed by atoms with E-state index in [1.165, 1.54) is 11.3 Å². The van der Waals surface area contributed by atoms with E-state index in [9.17, 15) is 4.79 Å². The second kappa shape index (κ2) is 5.97. The van der Waals surface area contributed by atoms with Crippen LogP contribution in [0.25, 0.3) is 0 Å². The van der Waals surface area contributed by atoms with Gasteiger partial charge in [0.25, 0.3) is 0 Å². The molecule has 0 radical (unpaired) electrons. The van der Waals surface area contributed by atoms with Gasteiger partial charge in [0.05, 0.1) is 5.69 Å². The van der Waals surface area contributed by atoms with Crippen molar-refractivity contribution in [3.63, 3.8) is 0 Å². The van der Waals surface area contributed by atoms with Crippen LogP contribution in [-0.2, 0) is 9.53 Å². The molecule has 3 N–H and O–H groups in total. The highest BCUT2D eigenvalue weighted by atomic mass is 35.5. The van der Waals surface area contributed by atoms with E-state index in [0.29, 0.717) is 31.2 Å². The number of ether oxygens (including phenoxy) is 1. The van der Waals surface area contributed by atoms with E-state index >= 15 is 0 Å². The summed E-state index contributed by atoms with van der Waals surface area (Å²) in [5.74, 6) is -0.158. The van der Waals surface area contributed by atoms with Gasteiger partial charge in [-0.25, -0.2) is 4.98 Å². The molecular formula is C11H18ClN3O2S. The average molecular weight is 292 g/mol. The number of aromatic nitrogens is 1. The lowest BCUT2D eigenvalue weighted by Crippen LogP contribution is -2.54. The number of carbonyl (C=O) groups excluding carboxylic acids is 1. The molecule has 2 rings (SSSR count). The van der Waals surface area contributed by atoms with Gasteiger partial charge in [-0.05, 0) is 26.7 Å². The molecule has 1 amide bonds. The molecule has 1 saturated heterocycles. The molecule has 7 heteroatoms. The lowest BCUT2D eigenvalue weighted by molar-refractivity contribution is -0.124. The molecule has 0 aliphatic carbocycles. The maximum absolute atomic E-state index is 12.1. The standard InChI is InChI=1S/C11H17N3O2S.ClH/c1-7-8(2)17-10(13-7)14-9(15)11(12)3-5-16-6-4-11;/h3-6,12H2,1-2H3,(H,13,14,15);1H. The van der Waals surface area contributed by atoms with Crippen molar-refractivity contribution < 1.29 is 9.53 Å². The van der Waals surface area contributed by atoms with Gasteiger partial charge >= 0.3 is 0 Å². The van der Waals surface area contributed by atoms with Crippen molar-refractivity contribution in [2.45, 2.75) is 32.2 Å². The van der Waals surface area contributed by atoms with Crippen molar-refractivity contribution in [2.75, 3.05) is 18.5 Å². The molecule has 5 nitrogen and oxygen atoms in total. The summed E-state index contributed by atoms with van der Waals surface area (Å²) >= 11 is 1.48. The molecule has 1 aromatic rings. The van der Waals surface area contributed by atoms with Gasteiger partial charge in [0, 0.05) is 18.1 Å². The van der Waals surface area contributed by atoms with Crippen molar-refractivity contribution in [1.29, 1.82) is 0 Å². The molecule has 0 spiro atoms. The third kappa shape index (κ3) is 3.20. The Morgan fingerprint density at radius 2 is 2.06 bits per heavy atom. The van der Waals surface area contributed by atoms with Crippen LogP contribution in [0.3, 0.4) is 0 Å². The average Bonchev–Trinajstić information content (AvgIpc) is 2.59. The number of amides is 1. The summed E-state index contributed by atoms with van der Waals surface area (Å²) in [6.45, 7) is 4.99. The van der Waals surface area contributed by atoms with E-state index in [2.05, 4.69) is 10.3 Å². The topological polar surface area (TPSA) is 77.2 Å². The predicted octanol–water partition coefficient (Wildman–Crippen LogP) is 1.63. The first-order valence-electron chi connectivity index (χ1n) is 5.63. The lowest BCUT2D eigenvalue weighted by Gasteiger charge is -2.31. The van der Waals surface area contributed by atoms with Crippen molar-refractivity contribution in [2.24, 2.45) is 5.73 Å². The second-order valence-electron chi connectivity index (χ2n) is 4.38. The number of thiazole rings is 1. The van der Waals surface area contributed by atoms with E-state index in [4.69, 9.17) is 10.5 Å². The first-order valence-corrected chi connectivity index (χ1v) is 6.45. The van der Waals surface area contributed by atoms with Gasteiger partial charge in [0.1, 0.15) is 5.54 Å². The quantitative estimate of drug-likeness (QED) is 0.868. The smallest absolute Gasteiger partial charge is 0.246 e. The third-order valence-electron chi connectivity index (χ3n) is 3.09. The van der Waals surface area contributed by atoms with Crippen molar-refractivity contribution >= 4 is 34.8 Å². The maximum Gasteiger partial charge on any atom is 0.246 e. The SMILES string of the molecule is Cc1nc(NC(=O)C2(N)CCOCC2)sc1C.Cl. The Balaban J connectivity index is 0.00000162. The summed E-state index contributed by atoms with van der Waals surface area (Å²) in [7, 11) is 0. The maximum atomic E-state index is 12.1. The number of nitrogens with one attached hydrogen (secondary N) is 1. The number of carbonyl (C=O) groups is 1. The van der Waals surface area contributed by atoms with Crippen LogP contribution in [0.5, 0.6) is 0 Å². The second-order valence-corrected chi connectivity index (χ2v) is 5.59. The largest absolute Gasteiger partial charge is 0.381 e. The summed E-state index contributed by atoms with van der Waals surface area (Å²) in [4.78, 5) is 17.5. The van der Waals surface area contributed by atoms with Crippen LogP contribution in [0.15, 0.2) is 0 Å². The van der Waals surface area contributed by atoms with Crippen LogP contribution < -0.4 is 11.1 Å². The molecule has 1 fully saturated rings. The van der Waals surface area contributed by atoms with Gasteiger partial charge in [-0.1, -0.05) is 0 Å². The predicted molar refractivity (Wildman–Crippen MR) is 74.4 cm³/mol. The summed E-state index contributed by atoms with van der Waals surface area (Å²) in [5, 5.41) is 3.43. The number of aryl methyl sites for hydroxylation is 2. The Hall–Kier alpha value is -0.690. The fourth-order valence-electron chi connectivity index (χ4n) is 1.71. The van der Waals surface area contributed by atoms with Gasteiger partial charge in [0.15, 0.2) is 5.13 Å². The normalized spacial score (nSPS) is 17.9. The molecule has 18 heavy (non-hydrogen) atoms. The number of halogens is 1. The van der Waals surface area contributed by atoms with Crippen molar-refractivity contribution in [3.05, 3.63) is 10.6 Å². The summed E-state index contributed by atoms with van der Waals surface area (Å²) < 4.78 is 5.22. The zero-order valence-corrected chi connectivity index (χ0v) is 12.1. The Morgan fingerprint density at radius 3 is 2.56 bits per heavy atom. The van der Waals surface area contributed by atoms with Gasteiger partial charge < -0.3 is 15.8 Å².